The minimum Gasteiger partial charge on any atom is -0.392 e. The van der Waals surface area contributed by atoms with Gasteiger partial charge < -0.3 is 5.11 Å². The molecular weight excluding hydrogens is 192 g/mol. The van der Waals surface area contributed by atoms with Crippen molar-refractivity contribution in [3.63, 3.8) is 0 Å². The molecule has 4 fully saturated rings. The highest BCUT2D eigenvalue weighted by Gasteiger charge is 2.66. The summed E-state index contributed by atoms with van der Waals surface area (Å²) in [7, 11) is 0. The largest absolute Gasteiger partial charge is 0.392 e. The van der Waals surface area contributed by atoms with E-state index in [0.717, 1.165) is 17.8 Å². The van der Waals surface area contributed by atoms with E-state index in [1.807, 2.05) is 0 Å². The van der Waals surface area contributed by atoms with Crippen molar-refractivity contribution in [2.24, 2.45) is 23.7 Å². The zero-order chi connectivity index (χ0) is 6.88. The van der Waals surface area contributed by atoms with E-state index in [1.54, 1.807) is 0 Å². The van der Waals surface area contributed by atoms with Crippen LogP contribution in [0.25, 0.3) is 0 Å². The van der Waals surface area contributed by atoms with Crippen molar-refractivity contribution in [1.29, 1.82) is 0 Å². The van der Waals surface area contributed by atoms with Crippen LogP contribution in [0.3, 0.4) is 0 Å². The van der Waals surface area contributed by atoms with E-state index in [-0.39, 0.29) is 6.10 Å². The molecule has 4 aliphatic rings. The second-order valence-electron chi connectivity index (χ2n) is 4.05. The molecule has 6 atom stereocenters. The molecule has 0 aromatic heterocycles. The lowest BCUT2D eigenvalue weighted by Gasteiger charge is -2.31. The second-order valence-corrected chi connectivity index (χ2v) is 5.22. The van der Waals surface area contributed by atoms with Gasteiger partial charge in [0.25, 0.3) is 0 Å². The van der Waals surface area contributed by atoms with Gasteiger partial charge in [-0.15, -0.1) is 0 Å². The molecule has 4 aliphatic carbocycles. The first-order valence-corrected chi connectivity index (χ1v) is 5.03. The lowest BCUT2D eigenvalue weighted by atomic mass is 9.84. The van der Waals surface area contributed by atoms with Gasteiger partial charge in [-0.3, -0.25) is 0 Å². The number of hydrogen-bond donors (Lipinski definition) is 1. The van der Waals surface area contributed by atoms with Crippen molar-refractivity contribution in [3.05, 3.63) is 0 Å². The van der Waals surface area contributed by atoms with Crippen LogP contribution in [0, 0.1) is 23.7 Å². The first kappa shape index (κ1) is 6.01. The molecule has 4 bridgehead atoms. The predicted octanol–water partition coefficient (Wildman–Crippen LogP) is 1.40. The molecule has 0 heterocycles. The Morgan fingerprint density at radius 2 is 1.80 bits per heavy atom. The molecule has 2 heteroatoms. The third kappa shape index (κ3) is 0.504. The standard InChI is InChI=1S/C8H11BrO/c9-6-2-4-3-1-5(6)8(10)7(3)4/h3-8,10H,1-2H2/t3-,4?,5-,6-,7?,8+/m0/s1. The quantitative estimate of drug-likeness (QED) is 0.590. The first-order valence-electron chi connectivity index (χ1n) is 4.11. The Hall–Kier alpha value is 0.440. The minimum atomic E-state index is 0.0492. The van der Waals surface area contributed by atoms with E-state index in [9.17, 15) is 5.11 Å². The fraction of sp³-hybridized carbons (Fsp3) is 1.00. The SMILES string of the molecule is O[C@H]1C2C3C[C@H](Br)[C@@H]1C[C@@H]32. The van der Waals surface area contributed by atoms with Crippen LogP contribution in [0.5, 0.6) is 0 Å². The number of aliphatic hydroxyl groups excluding tert-OH is 1. The number of fused-ring (bicyclic) bond motifs is 1. The Kier molecular flexibility index (Phi) is 0.968. The molecule has 0 aliphatic heterocycles. The lowest BCUT2D eigenvalue weighted by Crippen LogP contribution is -2.33. The molecular formula is C8H11BrO. The van der Waals surface area contributed by atoms with Gasteiger partial charge in [-0.2, -0.15) is 0 Å². The number of aliphatic hydroxyl groups is 1. The van der Waals surface area contributed by atoms with E-state index in [0.29, 0.717) is 10.7 Å². The van der Waals surface area contributed by atoms with Crippen molar-refractivity contribution in [2.75, 3.05) is 0 Å². The van der Waals surface area contributed by atoms with Crippen molar-refractivity contribution < 1.29 is 5.11 Å². The predicted molar refractivity (Wildman–Crippen MR) is 41.9 cm³/mol. The van der Waals surface area contributed by atoms with Gasteiger partial charge in [-0.1, -0.05) is 15.9 Å². The fourth-order valence-corrected chi connectivity index (χ4v) is 4.14. The molecule has 1 N–H and O–H groups in total. The average Bonchev–Trinajstić information content (AvgIpc) is 2.47. The summed E-state index contributed by atoms with van der Waals surface area (Å²) in [5, 5.41) is 9.67. The van der Waals surface area contributed by atoms with Crippen LogP contribution in [0.4, 0.5) is 0 Å². The molecule has 4 rings (SSSR count). The summed E-state index contributed by atoms with van der Waals surface area (Å²) in [4.78, 5) is 0.627. The van der Waals surface area contributed by atoms with Crippen LogP contribution in [-0.4, -0.2) is 16.0 Å². The van der Waals surface area contributed by atoms with Gasteiger partial charge in [0.2, 0.25) is 0 Å². The Labute approximate surface area is 68.9 Å². The van der Waals surface area contributed by atoms with Crippen LogP contribution in [0.2, 0.25) is 0 Å². The van der Waals surface area contributed by atoms with Gasteiger partial charge in [-0.05, 0) is 36.5 Å². The summed E-state index contributed by atoms with van der Waals surface area (Å²) in [6.45, 7) is 0. The summed E-state index contributed by atoms with van der Waals surface area (Å²) in [6.07, 6.45) is 2.68. The van der Waals surface area contributed by atoms with Crippen molar-refractivity contribution in [2.45, 2.75) is 23.8 Å². The Bertz CT molecular complexity index is 182. The highest BCUT2D eigenvalue weighted by molar-refractivity contribution is 9.09. The van der Waals surface area contributed by atoms with Crippen molar-refractivity contribution in [3.8, 4) is 0 Å². The molecule has 0 aromatic rings. The Balaban J connectivity index is 1.95. The highest BCUT2D eigenvalue weighted by atomic mass is 79.9. The van der Waals surface area contributed by atoms with Crippen LogP contribution < -0.4 is 0 Å². The summed E-state index contributed by atoms with van der Waals surface area (Å²) >= 11 is 3.64. The number of halogens is 1. The molecule has 0 spiro atoms. The van der Waals surface area contributed by atoms with Crippen LogP contribution in [-0.2, 0) is 0 Å². The zero-order valence-electron chi connectivity index (χ0n) is 5.70. The second kappa shape index (κ2) is 1.61. The van der Waals surface area contributed by atoms with Gasteiger partial charge in [0.05, 0.1) is 6.10 Å². The summed E-state index contributed by atoms with van der Waals surface area (Å²) in [5.74, 6) is 3.14. The molecule has 0 saturated heterocycles. The first-order chi connectivity index (χ1) is 4.79. The van der Waals surface area contributed by atoms with Crippen LogP contribution >= 0.6 is 15.9 Å². The number of hydrogen-bond acceptors (Lipinski definition) is 1. The summed E-state index contributed by atoms with van der Waals surface area (Å²) in [6, 6.07) is 0. The lowest BCUT2D eigenvalue weighted by molar-refractivity contribution is 0.0744. The van der Waals surface area contributed by atoms with Gasteiger partial charge in [0.1, 0.15) is 0 Å². The molecule has 56 valence electrons. The van der Waals surface area contributed by atoms with Gasteiger partial charge in [0, 0.05) is 4.83 Å². The molecule has 1 nitrogen and oxygen atoms in total. The Morgan fingerprint density at radius 3 is 2.20 bits per heavy atom. The zero-order valence-corrected chi connectivity index (χ0v) is 7.29. The van der Waals surface area contributed by atoms with E-state index >= 15 is 0 Å². The van der Waals surface area contributed by atoms with E-state index in [1.165, 1.54) is 12.8 Å². The topological polar surface area (TPSA) is 20.2 Å². The average molecular weight is 203 g/mol. The maximum absolute atomic E-state index is 9.67. The Morgan fingerprint density at radius 1 is 1.10 bits per heavy atom. The fourth-order valence-electron chi connectivity index (χ4n) is 3.18. The van der Waals surface area contributed by atoms with Crippen molar-refractivity contribution >= 4 is 15.9 Å². The van der Waals surface area contributed by atoms with Gasteiger partial charge in [-0.25, -0.2) is 0 Å². The normalized spacial score (nSPS) is 70.2. The number of rotatable bonds is 0. The molecule has 2 unspecified atom stereocenters. The van der Waals surface area contributed by atoms with E-state index in [2.05, 4.69) is 15.9 Å². The smallest absolute Gasteiger partial charge is 0.0612 e. The molecule has 10 heavy (non-hydrogen) atoms. The monoisotopic (exact) mass is 202 g/mol. The van der Waals surface area contributed by atoms with E-state index in [4.69, 9.17) is 0 Å². The van der Waals surface area contributed by atoms with E-state index < -0.39 is 0 Å². The minimum absolute atomic E-state index is 0.0492. The third-order valence-corrected chi connectivity index (χ3v) is 4.79. The summed E-state index contributed by atoms with van der Waals surface area (Å²) in [5.41, 5.74) is 0. The van der Waals surface area contributed by atoms with Crippen LogP contribution in [0.15, 0.2) is 0 Å². The summed E-state index contributed by atoms with van der Waals surface area (Å²) < 4.78 is 0. The van der Waals surface area contributed by atoms with Gasteiger partial charge in [0.15, 0.2) is 0 Å². The molecule has 4 saturated carbocycles. The van der Waals surface area contributed by atoms with Crippen molar-refractivity contribution in [1.82, 2.24) is 0 Å². The number of alkyl halides is 1. The molecule has 0 aromatic carbocycles. The van der Waals surface area contributed by atoms with Gasteiger partial charge >= 0.3 is 0 Å². The van der Waals surface area contributed by atoms with Crippen LogP contribution in [0.1, 0.15) is 12.8 Å². The maximum Gasteiger partial charge on any atom is 0.0612 e. The highest BCUT2D eigenvalue weighted by Crippen LogP contribution is 2.67. The maximum atomic E-state index is 9.67. The molecule has 0 radical (unpaired) electrons. The third-order valence-electron chi connectivity index (χ3n) is 3.74. The molecule has 0 amide bonds.